The number of hydrogen-bond acceptors (Lipinski definition) is 3. The first-order chi connectivity index (χ1) is 10.6. The Morgan fingerprint density at radius 1 is 0.773 bits per heavy atom. The summed E-state index contributed by atoms with van der Waals surface area (Å²) < 4.78 is 0. The van der Waals surface area contributed by atoms with Gasteiger partial charge in [-0.2, -0.15) is 0 Å². The average Bonchev–Trinajstić information content (AvgIpc) is 2.50. The summed E-state index contributed by atoms with van der Waals surface area (Å²) in [4.78, 5) is 21.9. The maximum atomic E-state index is 11.4. The first-order valence-electron chi connectivity index (χ1n) is 9.10. The topological polar surface area (TPSA) is 80.4 Å². The van der Waals surface area contributed by atoms with Crippen LogP contribution in [0.3, 0.4) is 0 Å². The molecule has 0 amide bonds. The summed E-state index contributed by atoms with van der Waals surface area (Å²) in [6, 6.07) is -1.34. The molecule has 0 saturated carbocycles. The van der Waals surface area contributed by atoms with Crippen molar-refractivity contribution in [1.82, 2.24) is 0 Å². The second-order valence-electron chi connectivity index (χ2n) is 6.27. The molecule has 0 aromatic carbocycles. The van der Waals surface area contributed by atoms with Crippen molar-refractivity contribution in [2.24, 2.45) is 5.73 Å². The molecular formula is C18H35NO3. The standard InChI is InChI=1S/C18H35NO3/c1-2-3-4-5-6-7-8-9-10-11-12-13-14-15-16(20)17(19)18(21)22/h17H,2-15,19H2,1H3,(H,21,22). The lowest BCUT2D eigenvalue weighted by Crippen LogP contribution is -2.38. The van der Waals surface area contributed by atoms with E-state index >= 15 is 0 Å². The number of carbonyl (C=O) groups excluding carboxylic acids is 1. The van der Waals surface area contributed by atoms with E-state index in [2.05, 4.69) is 6.92 Å². The van der Waals surface area contributed by atoms with E-state index in [0.29, 0.717) is 6.42 Å². The molecule has 4 heteroatoms. The van der Waals surface area contributed by atoms with Crippen molar-refractivity contribution >= 4 is 11.8 Å². The highest BCUT2D eigenvalue weighted by Gasteiger charge is 2.19. The van der Waals surface area contributed by atoms with Crippen molar-refractivity contribution in [3.05, 3.63) is 0 Å². The summed E-state index contributed by atoms with van der Waals surface area (Å²) >= 11 is 0. The maximum Gasteiger partial charge on any atom is 0.328 e. The highest BCUT2D eigenvalue weighted by atomic mass is 16.4. The summed E-state index contributed by atoms with van der Waals surface area (Å²) in [5.41, 5.74) is 5.26. The van der Waals surface area contributed by atoms with Crippen LogP contribution in [0, 0.1) is 0 Å². The van der Waals surface area contributed by atoms with E-state index < -0.39 is 12.0 Å². The molecule has 0 bridgehead atoms. The molecule has 0 fully saturated rings. The largest absolute Gasteiger partial charge is 0.480 e. The quantitative estimate of drug-likeness (QED) is 0.326. The highest BCUT2D eigenvalue weighted by molar-refractivity contribution is 6.01. The predicted molar refractivity (Wildman–Crippen MR) is 90.9 cm³/mol. The average molecular weight is 313 g/mol. The molecule has 0 saturated heterocycles. The van der Waals surface area contributed by atoms with Crippen molar-refractivity contribution in [2.75, 3.05) is 0 Å². The Morgan fingerprint density at radius 3 is 1.50 bits per heavy atom. The second kappa shape index (κ2) is 15.0. The van der Waals surface area contributed by atoms with Crippen LogP contribution in [0.2, 0.25) is 0 Å². The van der Waals surface area contributed by atoms with Crippen LogP contribution in [0.1, 0.15) is 96.8 Å². The molecule has 0 aromatic rings. The zero-order chi connectivity index (χ0) is 16.6. The van der Waals surface area contributed by atoms with E-state index in [1.54, 1.807) is 0 Å². The minimum atomic E-state index is -1.34. The van der Waals surface area contributed by atoms with Crippen LogP contribution in [-0.2, 0) is 9.59 Å². The van der Waals surface area contributed by atoms with Gasteiger partial charge >= 0.3 is 5.97 Å². The number of aliphatic carboxylic acids is 1. The van der Waals surface area contributed by atoms with Gasteiger partial charge in [-0.05, 0) is 6.42 Å². The van der Waals surface area contributed by atoms with Crippen LogP contribution in [0.4, 0.5) is 0 Å². The molecule has 0 aliphatic carbocycles. The summed E-state index contributed by atoms with van der Waals surface area (Å²) in [6.07, 6.45) is 16.6. The molecule has 0 aliphatic heterocycles. The third-order valence-electron chi connectivity index (χ3n) is 4.14. The second-order valence-corrected chi connectivity index (χ2v) is 6.27. The molecule has 22 heavy (non-hydrogen) atoms. The summed E-state index contributed by atoms with van der Waals surface area (Å²) in [7, 11) is 0. The third kappa shape index (κ3) is 12.8. The fourth-order valence-corrected chi connectivity index (χ4v) is 2.61. The molecule has 0 heterocycles. The van der Waals surface area contributed by atoms with E-state index in [9.17, 15) is 9.59 Å². The number of carboxylic acids is 1. The Labute approximate surface area is 135 Å². The Hall–Kier alpha value is -0.900. The molecule has 0 spiro atoms. The van der Waals surface area contributed by atoms with Gasteiger partial charge in [0.05, 0.1) is 0 Å². The molecule has 0 radical (unpaired) electrons. The van der Waals surface area contributed by atoms with Gasteiger partial charge in [0.2, 0.25) is 0 Å². The van der Waals surface area contributed by atoms with Crippen LogP contribution >= 0.6 is 0 Å². The van der Waals surface area contributed by atoms with Gasteiger partial charge in [0, 0.05) is 6.42 Å². The summed E-state index contributed by atoms with van der Waals surface area (Å²) in [6.45, 7) is 2.25. The minimum absolute atomic E-state index is 0.297. The maximum absolute atomic E-state index is 11.4. The van der Waals surface area contributed by atoms with Crippen molar-refractivity contribution in [1.29, 1.82) is 0 Å². The van der Waals surface area contributed by atoms with Crippen molar-refractivity contribution in [2.45, 2.75) is 103 Å². The Bertz CT molecular complexity index is 292. The number of rotatable bonds is 16. The smallest absolute Gasteiger partial charge is 0.328 e. The molecule has 0 rings (SSSR count). The van der Waals surface area contributed by atoms with Gasteiger partial charge in [-0.1, -0.05) is 84.0 Å². The number of unbranched alkanes of at least 4 members (excludes halogenated alkanes) is 12. The fourth-order valence-electron chi connectivity index (χ4n) is 2.61. The number of hydrogen-bond donors (Lipinski definition) is 2. The van der Waals surface area contributed by atoms with Crippen LogP contribution in [0.5, 0.6) is 0 Å². The number of Topliss-reactive ketones (excluding diaryl/α,β-unsaturated/α-hetero) is 1. The zero-order valence-corrected chi connectivity index (χ0v) is 14.3. The lowest BCUT2D eigenvalue weighted by Gasteiger charge is -2.05. The van der Waals surface area contributed by atoms with E-state index in [0.717, 1.165) is 19.3 Å². The molecule has 0 aromatic heterocycles. The van der Waals surface area contributed by atoms with E-state index in [1.807, 2.05) is 0 Å². The monoisotopic (exact) mass is 313 g/mol. The molecule has 130 valence electrons. The van der Waals surface area contributed by atoms with Gasteiger partial charge in [-0.25, -0.2) is 0 Å². The predicted octanol–water partition coefficient (Wildman–Crippen LogP) is 4.45. The Kier molecular flexibility index (Phi) is 14.4. The van der Waals surface area contributed by atoms with Crippen LogP contribution in [0.25, 0.3) is 0 Å². The SMILES string of the molecule is CCCCCCCCCCCCCCCC(=O)C(N)C(=O)O. The van der Waals surface area contributed by atoms with Crippen LogP contribution in [-0.4, -0.2) is 22.9 Å². The molecule has 0 aliphatic rings. The van der Waals surface area contributed by atoms with Gasteiger partial charge in [0.25, 0.3) is 0 Å². The van der Waals surface area contributed by atoms with Gasteiger partial charge in [-0.3, -0.25) is 9.59 Å². The normalized spacial score (nSPS) is 12.3. The van der Waals surface area contributed by atoms with E-state index in [1.165, 1.54) is 64.2 Å². The molecule has 4 nitrogen and oxygen atoms in total. The van der Waals surface area contributed by atoms with Gasteiger partial charge in [-0.15, -0.1) is 0 Å². The van der Waals surface area contributed by atoms with Crippen molar-refractivity contribution < 1.29 is 14.7 Å². The van der Waals surface area contributed by atoms with Crippen molar-refractivity contribution in [3.8, 4) is 0 Å². The third-order valence-corrected chi connectivity index (χ3v) is 4.14. The summed E-state index contributed by atoms with van der Waals surface area (Å²) in [5.74, 6) is -1.57. The van der Waals surface area contributed by atoms with E-state index in [-0.39, 0.29) is 5.78 Å². The van der Waals surface area contributed by atoms with E-state index in [4.69, 9.17) is 10.8 Å². The summed E-state index contributed by atoms with van der Waals surface area (Å²) in [5, 5.41) is 8.61. The molecule has 3 N–H and O–H groups in total. The molecule has 1 atom stereocenters. The Morgan fingerprint density at radius 2 is 1.14 bits per heavy atom. The number of nitrogens with two attached hydrogens (primary N) is 1. The van der Waals surface area contributed by atoms with Gasteiger partial charge < -0.3 is 10.8 Å². The number of carbonyl (C=O) groups is 2. The molecular weight excluding hydrogens is 278 g/mol. The van der Waals surface area contributed by atoms with Gasteiger partial charge in [0.15, 0.2) is 11.8 Å². The first-order valence-corrected chi connectivity index (χ1v) is 9.10. The highest BCUT2D eigenvalue weighted by Crippen LogP contribution is 2.13. The zero-order valence-electron chi connectivity index (χ0n) is 14.3. The van der Waals surface area contributed by atoms with Gasteiger partial charge in [0.1, 0.15) is 0 Å². The minimum Gasteiger partial charge on any atom is -0.480 e. The Balaban J connectivity index is 3.21. The lowest BCUT2D eigenvalue weighted by molar-refractivity contribution is -0.142. The fraction of sp³-hybridized carbons (Fsp3) is 0.889. The lowest BCUT2D eigenvalue weighted by atomic mass is 10.0. The first kappa shape index (κ1) is 21.1. The molecule has 1 unspecified atom stereocenters. The number of ketones is 1. The van der Waals surface area contributed by atoms with Crippen LogP contribution < -0.4 is 5.73 Å². The number of carboxylic acid groups (broad SMARTS) is 1. The van der Waals surface area contributed by atoms with Crippen molar-refractivity contribution in [3.63, 3.8) is 0 Å². The van der Waals surface area contributed by atoms with Crippen LogP contribution in [0.15, 0.2) is 0 Å².